The lowest BCUT2D eigenvalue weighted by atomic mass is 10.3. The zero-order valence-electron chi connectivity index (χ0n) is 12.3. The Labute approximate surface area is 122 Å². The quantitative estimate of drug-likeness (QED) is 0.913. The van der Waals surface area contributed by atoms with E-state index in [1.54, 1.807) is 6.07 Å². The summed E-state index contributed by atoms with van der Waals surface area (Å²) >= 11 is 0. The van der Waals surface area contributed by atoms with Crippen LogP contribution in [0.3, 0.4) is 0 Å². The van der Waals surface area contributed by atoms with Crippen molar-refractivity contribution in [3.8, 4) is 0 Å². The molecule has 6 heteroatoms. The van der Waals surface area contributed by atoms with E-state index in [2.05, 4.69) is 15.3 Å². The molecule has 0 unspecified atom stereocenters. The van der Waals surface area contributed by atoms with E-state index < -0.39 is 11.6 Å². The SMILES string of the molecule is CCN(CC)c1nc(C)cc(Nc2ccc(F)c(F)c2)n1. The Bertz CT molecular complexity index is 627. The fourth-order valence-corrected chi connectivity index (χ4v) is 1.99. The van der Waals surface area contributed by atoms with E-state index in [-0.39, 0.29) is 0 Å². The number of aromatic nitrogens is 2. The van der Waals surface area contributed by atoms with Crippen molar-refractivity contribution >= 4 is 17.5 Å². The third-order valence-electron chi connectivity index (χ3n) is 3.08. The van der Waals surface area contributed by atoms with Crippen molar-refractivity contribution in [2.24, 2.45) is 0 Å². The second kappa shape index (κ2) is 6.47. The van der Waals surface area contributed by atoms with Gasteiger partial charge in [-0.1, -0.05) is 0 Å². The molecular formula is C15H18F2N4. The third kappa shape index (κ3) is 3.65. The minimum atomic E-state index is -0.894. The van der Waals surface area contributed by atoms with Gasteiger partial charge in [0.2, 0.25) is 5.95 Å². The van der Waals surface area contributed by atoms with Gasteiger partial charge in [0, 0.05) is 36.6 Å². The van der Waals surface area contributed by atoms with Crippen molar-refractivity contribution in [3.05, 3.63) is 41.6 Å². The fourth-order valence-electron chi connectivity index (χ4n) is 1.99. The van der Waals surface area contributed by atoms with Crippen molar-refractivity contribution < 1.29 is 8.78 Å². The molecule has 1 heterocycles. The van der Waals surface area contributed by atoms with E-state index in [1.807, 2.05) is 25.7 Å². The van der Waals surface area contributed by atoms with Crippen LogP contribution >= 0.6 is 0 Å². The molecular weight excluding hydrogens is 274 g/mol. The standard InChI is InChI=1S/C15H18F2N4/c1-4-21(5-2)15-18-10(3)8-14(20-15)19-11-6-7-12(16)13(17)9-11/h6-9H,4-5H2,1-3H3,(H,18,19,20). The molecule has 1 aromatic heterocycles. The minimum Gasteiger partial charge on any atom is -0.341 e. The molecule has 112 valence electrons. The van der Waals surface area contributed by atoms with Crippen LogP contribution in [0.2, 0.25) is 0 Å². The van der Waals surface area contributed by atoms with Gasteiger partial charge in [-0.05, 0) is 32.9 Å². The van der Waals surface area contributed by atoms with Crippen molar-refractivity contribution in [3.63, 3.8) is 0 Å². The Morgan fingerprint density at radius 2 is 1.76 bits per heavy atom. The summed E-state index contributed by atoms with van der Waals surface area (Å²) in [4.78, 5) is 10.8. The molecule has 1 N–H and O–H groups in total. The highest BCUT2D eigenvalue weighted by Crippen LogP contribution is 2.20. The summed E-state index contributed by atoms with van der Waals surface area (Å²) in [5, 5.41) is 2.97. The highest BCUT2D eigenvalue weighted by atomic mass is 19.2. The van der Waals surface area contributed by atoms with Crippen LogP contribution in [0, 0.1) is 18.6 Å². The van der Waals surface area contributed by atoms with Crippen LogP contribution < -0.4 is 10.2 Å². The first-order valence-electron chi connectivity index (χ1n) is 6.86. The average Bonchev–Trinajstić information content (AvgIpc) is 2.44. The molecule has 0 spiro atoms. The molecule has 0 bridgehead atoms. The summed E-state index contributed by atoms with van der Waals surface area (Å²) < 4.78 is 26.2. The number of anilines is 3. The van der Waals surface area contributed by atoms with Gasteiger partial charge < -0.3 is 10.2 Å². The first-order valence-corrected chi connectivity index (χ1v) is 6.86. The maximum Gasteiger partial charge on any atom is 0.227 e. The zero-order valence-corrected chi connectivity index (χ0v) is 12.3. The van der Waals surface area contributed by atoms with Gasteiger partial charge in [0.15, 0.2) is 11.6 Å². The molecule has 0 fully saturated rings. The Hall–Kier alpha value is -2.24. The first kappa shape index (κ1) is 15.2. The van der Waals surface area contributed by atoms with Gasteiger partial charge in [-0.15, -0.1) is 0 Å². The summed E-state index contributed by atoms with van der Waals surface area (Å²) in [5.74, 6) is -0.599. The molecule has 4 nitrogen and oxygen atoms in total. The Balaban J connectivity index is 2.29. The molecule has 0 amide bonds. The normalized spacial score (nSPS) is 10.5. The minimum absolute atomic E-state index is 0.442. The van der Waals surface area contributed by atoms with Crippen LogP contribution in [0.4, 0.5) is 26.2 Å². The second-order valence-corrected chi connectivity index (χ2v) is 4.62. The molecule has 0 aliphatic carbocycles. The van der Waals surface area contributed by atoms with E-state index in [0.29, 0.717) is 17.5 Å². The lowest BCUT2D eigenvalue weighted by Crippen LogP contribution is -2.24. The van der Waals surface area contributed by atoms with Gasteiger partial charge in [0.1, 0.15) is 5.82 Å². The van der Waals surface area contributed by atoms with E-state index in [9.17, 15) is 8.78 Å². The van der Waals surface area contributed by atoms with E-state index >= 15 is 0 Å². The third-order valence-corrected chi connectivity index (χ3v) is 3.08. The first-order chi connectivity index (χ1) is 10.0. The predicted octanol–water partition coefficient (Wildman–Crippen LogP) is 3.65. The smallest absolute Gasteiger partial charge is 0.227 e. The Kier molecular flexibility index (Phi) is 4.67. The maximum absolute atomic E-state index is 13.2. The number of rotatable bonds is 5. The largest absolute Gasteiger partial charge is 0.341 e. The van der Waals surface area contributed by atoms with Crippen molar-refractivity contribution in [1.82, 2.24) is 9.97 Å². The number of hydrogen-bond donors (Lipinski definition) is 1. The predicted molar refractivity (Wildman–Crippen MR) is 80.0 cm³/mol. The summed E-state index contributed by atoms with van der Waals surface area (Å²) in [6.45, 7) is 7.51. The lowest BCUT2D eigenvalue weighted by molar-refractivity contribution is 0.509. The molecule has 0 saturated heterocycles. The van der Waals surface area contributed by atoms with E-state index in [1.165, 1.54) is 6.07 Å². The van der Waals surface area contributed by atoms with E-state index in [4.69, 9.17) is 0 Å². The molecule has 0 atom stereocenters. The Morgan fingerprint density at radius 1 is 1.05 bits per heavy atom. The van der Waals surface area contributed by atoms with Crippen molar-refractivity contribution in [1.29, 1.82) is 0 Å². The summed E-state index contributed by atoms with van der Waals surface area (Å²) in [6, 6.07) is 5.40. The maximum atomic E-state index is 13.2. The average molecular weight is 292 g/mol. The topological polar surface area (TPSA) is 41.1 Å². The number of benzene rings is 1. The summed E-state index contributed by atoms with van der Waals surface area (Å²) in [5.41, 5.74) is 1.24. The number of nitrogens with zero attached hydrogens (tertiary/aromatic N) is 3. The highest BCUT2D eigenvalue weighted by molar-refractivity contribution is 5.57. The summed E-state index contributed by atoms with van der Waals surface area (Å²) in [7, 11) is 0. The summed E-state index contributed by atoms with van der Waals surface area (Å²) in [6.07, 6.45) is 0. The highest BCUT2D eigenvalue weighted by Gasteiger charge is 2.09. The molecule has 0 aliphatic rings. The molecule has 0 radical (unpaired) electrons. The molecule has 2 rings (SSSR count). The van der Waals surface area contributed by atoms with Gasteiger partial charge in [-0.3, -0.25) is 0 Å². The number of aryl methyl sites for hydroxylation is 1. The van der Waals surface area contributed by atoms with Crippen LogP contribution in [-0.4, -0.2) is 23.1 Å². The molecule has 0 aliphatic heterocycles. The van der Waals surface area contributed by atoms with Gasteiger partial charge >= 0.3 is 0 Å². The van der Waals surface area contributed by atoms with Gasteiger partial charge in [-0.2, -0.15) is 4.98 Å². The number of halogens is 2. The van der Waals surface area contributed by atoms with Crippen LogP contribution in [-0.2, 0) is 0 Å². The lowest BCUT2D eigenvalue weighted by Gasteiger charge is -2.19. The monoisotopic (exact) mass is 292 g/mol. The van der Waals surface area contributed by atoms with Crippen LogP contribution in [0.15, 0.2) is 24.3 Å². The van der Waals surface area contributed by atoms with Crippen LogP contribution in [0.1, 0.15) is 19.5 Å². The Morgan fingerprint density at radius 3 is 2.38 bits per heavy atom. The molecule has 2 aromatic rings. The number of hydrogen-bond acceptors (Lipinski definition) is 4. The van der Waals surface area contributed by atoms with Gasteiger partial charge in [0.25, 0.3) is 0 Å². The molecule has 0 saturated carbocycles. The second-order valence-electron chi connectivity index (χ2n) is 4.62. The van der Waals surface area contributed by atoms with E-state index in [0.717, 1.165) is 30.9 Å². The van der Waals surface area contributed by atoms with Crippen molar-refractivity contribution in [2.45, 2.75) is 20.8 Å². The van der Waals surface area contributed by atoms with Crippen molar-refractivity contribution in [2.75, 3.05) is 23.3 Å². The zero-order chi connectivity index (χ0) is 15.4. The van der Waals surface area contributed by atoms with Crippen LogP contribution in [0.25, 0.3) is 0 Å². The number of nitrogens with one attached hydrogen (secondary N) is 1. The fraction of sp³-hybridized carbons (Fsp3) is 0.333. The van der Waals surface area contributed by atoms with Crippen LogP contribution in [0.5, 0.6) is 0 Å². The molecule has 1 aromatic carbocycles. The van der Waals surface area contributed by atoms with Gasteiger partial charge in [0.05, 0.1) is 0 Å². The van der Waals surface area contributed by atoms with Gasteiger partial charge in [-0.25, -0.2) is 13.8 Å². The molecule has 21 heavy (non-hydrogen) atoms.